The zero-order valence-corrected chi connectivity index (χ0v) is 11.0. The molecule has 2 unspecified atom stereocenters. The zero-order chi connectivity index (χ0) is 11.9. The van der Waals surface area contributed by atoms with Crippen LogP contribution >= 0.6 is 11.3 Å². The van der Waals surface area contributed by atoms with Crippen molar-refractivity contribution in [2.75, 3.05) is 24.5 Å². The molecule has 4 nitrogen and oxygen atoms in total. The van der Waals surface area contributed by atoms with Crippen LogP contribution in [0.25, 0.3) is 10.2 Å². The molecule has 2 saturated heterocycles. The SMILES string of the molecule is c1nc(N2CCC3NCCC3C2)c2sccc2n1. The number of fused-ring (bicyclic) bond motifs is 2. The fourth-order valence-corrected chi connectivity index (χ4v) is 4.10. The molecule has 2 aliphatic rings. The average Bonchev–Trinajstić information content (AvgIpc) is 3.05. The Bertz CT molecular complexity index is 567. The number of hydrogen-bond acceptors (Lipinski definition) is 5. The highest BCUT2D eigenvalue weighted by molar-refractivity contribution is 7.17. The lowest BCUT2D eigenvalue weighted by molar-refractivity contribution is 0.375. The van der Waals surface area contributed by atoms with Gasteiger partial charge in [0.15, 0.2) is 0 Å². The van der Waals surface area contributed by atoms with E-state index in [-0.39, 0.29) is 0 Å². The van der Waals surface area contributed by atoms with Gasteiger partial charge in [-0.25, -0.2) is 9.97 Å². The van der Waals surface area contributed by atoms with Crippen molar-refractivity contribution in [1.82, 2.24) is 15.3 Å². The van der Waals surface area contributed by atoms with Gasteiger partial charge in [-0.15, -0.1) is 11.3 Å². The molecule has 2 fully saturated rings. The molecule has 0 bridgehead atoms. The summed E-state index contributed by atoms with van der Waals surface area (Å²) in [7, 11) is 0. The lowest BCUT2D eigenvalue weighted by Gasteiger charge is -2.35. The van der Waals surface area contributed by atoms with Crippen LogP contribution in [0, 0.1) is 5.92 Å². The highest BCUT2D eigenvalue weighted by atomic mass is 32.1. The number of thiophene rings is 1. The molecule has 94 valence electrons. The fraction of sp³-hybridized carbons (Fsp3) is 0.538. The molecule has 4 rings (SSSR count). The number of hydrogen-bond donors (Lipinski definition) is 1. The first-order valence-electron chi connectivity index (χ1n) is 6.58. The standard InChI is InChI=1S/C13H16N4S/c1-4-14-10-2-5-17(7-9(1)10)13-12-11(3-6-18-12)15-8-16-13/h3,6,8-10,14H,1-2,4-5,7H2. The zero-order valence-electron chi connectivity index (χ0n) is 10.2. The largest absolute Gasteiger partial charge is 0.355 e. The molecule has 2 aromatic rings. The molecule has 0 spiro atoms. The maximum absolute atomic E-state index is 4.52. The Morgan fingerprint density at radius 2 is 2.33 bits per heavy atom. The number of nitrogens with zero attached hydrogens (tertiary/aromatic N) is 3. The number of rotatable bonds is 1. The van der Waals surface area contributed by atoms with Gasteiger partial charge in [-0.1, -0.05) is 0 Å². The van der Waals surface area contributed by atoms with E-state index in [0.717, 1.165) is 36.4 Å². The van der Waals surface area contributed by atoms with Crippen molar-refractivity contribution in [2.45, 2.75) is 18.9 Å². The Morgan fingerprint density at radius 1 is 1.33 bits per heavy atom. The number of aromatic nitrogens is 2. The van der Waals surface area contributed by atoms with E-state index >= 15 is 0 Å². The molecule has 0 radical (unpaired) electrons. The van der Waals surface area contributed by atoms with E-state index < -0.39 is 0 Å². The van der Waals surface area contributed by atoms with E-state index in [4.69, 9.17) is 0 Å². The third-order valence-electron chi connectivity index (χ3n) is 4.18. The molecule has 0 aromatic carbocycles. The van der Waals surface area contributed by atoms with Crippen LogP contribution in [-0.4, -0.2) is 35.6 Å². The van der Waals surface area contributed by atoms with E-state index in [1.165, 1.54) is 24.1 Å². The summed E-state index contributed by atoms with van der Waals surface area (Å²) in [6.07, 6.45) is 4.24. The monoisotopic (exact) mass is 260 g/mol. The van der Waals surface area contributed by atoms with Crippen LogP contribution in [-0.2, 0) is 0 Å². The first-order chi connectivity index (χ1) is 8.92. The summed E-state index contributed by atoms with van der Waals surface area (Å²) >= 11 is 1.75. The third kappa shape index (κ3) is 1.61. The smallest absolute Gasteiger partial charge is 0.150 e. The lowest BCUT2D eigenvalue weighted by atomic mass is 9.93. The maximum Gasteiger partial charge on any atom is 0.150 e. The molecule has 4 heterocycles. The Kier molecular flexibility index (Phi) is 2.48. The summed E-state index contributed by atoms with van der Waals surface area (Å²) in [6, 6.07) is 2.82. The molecular weight excluding hydrogens is 244 g/mol. The van der Waals surface area contributed by atoms with Gasteiger partial charge in [0.25, 0.3) is 0 Å². The summed E-state index contributed by atoms with van der Waals surface area (Å²) in [5.41, 5.74) is 1.08. The molecule has 1 N–H and O–H groups in total. The van der Waals surface area contributed by atoms with Crippen LogP contribution in [0.3, 0.4) is 0 Å². The van der Waals surface area contributed by atoms with E-state index in [1.807, 2.05) is 0 Å². The van der Waals surface area contributed by atoms with Crippen LogP contribution in [0.2, 0.25) is 0 Å². The van der Waals surface area contributed by atoms with E-state index in [2.05, 4.69) is 31.6 Å². The third-order valence-corrected chi connectivity index (χ3v) is 5.08. The highest BCUT2D eigenvalue weighted by Crippen LogP contribution is 2.32. The number of nitrogens with one attached hydrogen (secondary N) is 1. The van der Waals surface area contributed by atoms with Gasteiger partial charge in [0.2, 0.25) is 0 Å². The molecule has 0 amide bonds. The van der Waals surface area contributed by atoms with Gasteiger partial charge in [0.05, 0.1) is 10.2 Å². The summed E-state index contributed by atoms with van der Waals surface area (Å²) in [5.74, 6) is 1.93. The van der Waals surface area contributed by atoms with E-state index in [9.17, 15) is 0 Å². The van der Waals surface area contributed by atoms with Crippen LogP contribution in [0.1, 0.15) is 12.8 Å². The summed E-state index contributed by atoms with van der Waals surface area (Å²) < 4.78 is 1.24. The van der Waals surface area contributed by atoms with Crippen molar-refractivity contribution in [1.29, 1.82) is 0 Å². The van der Waals surface area contributed by atoms with Gasteiger partial charge in [-0.3, -0.25) is 0 Å². The van der Waals surface area contributed by atoms with Gasteiger partial charge >= 0.3 is 0 Å². The predicted molar refractivity (Wildman–Crippen MR) is 74.1 cm³/mol. The minimum Gasteiger partial charge on any atom is -0.355 e. The lowest BCUT2D eigenvalue weighted by Crippen LogP contribution is -2.44. The summed E-state index contributed by atoms with van der Waals surface area (Å²) in [4.78, 5) is 11.3. The molecular formula is C13H16N4S. The molecule has 2 atom stereocenters. The van der Waals surface area contributed by atoms with Crippen molar-refractivity contribution >= 4 is 27.4 Å². The normalized spacial score (nSPS) is 27.7. The molecule has 2 aliphatic heterocycles. The summed E-state index contributed by atoms with van der Waals surface area (Å²) in [6.45, 7) is 3.43. The maximum atomic E-state index is 4.52. The molecule has 5 heteroatoms. The second kappa shape index (κ2) is 4.17. The Morgan fingerprint density at radius 3 is 3.33 bits per heavy atom. The van der Waals surface area contributed by atoms with Crippen molar-refractivity contribution in [2.24, 2.45) is 5.92 Å². The highest BCUT2D eigenvalue weighted by Gasteiger charge is 2.33. The van der Waals surface area contributed by atoms with Crippen LogP contribution in [0.5, 0.6) is 0 Å². The van der Waals surface area contributed by atoms with Crippen molar-refractivity contribution in [3.05, 3.63) is 17.8 Å². The van der Waals surface area contributed by atoms with Gasteiger partial charge in [0.1, 0.15) is 12.1 Å². The molecule has 0 saturated carbocycles. The molecule has 18 heavy (non-hydrogen) atoms. The quantitative estimate of drug-likeness (QED) is 0.850. The first kappa shape index (κ1) is 10.7. The van der Waals surface area contributed by atoms with Gasteiger partial charge in [0, 0.05) is 19.1 Å². The van der Waals surface area contributed by atoms with Crippen LogP contribution in [0.15, 0.2) is 17.8 Å². The number of anilines is 1. The topological polar surface area (TPSA) is 41.1 Å². The predicted octanol–water partition coefficient (Wildman–Crippen LogP) is 1.88. The van der Waals surface area contributed by atoms with E-state index in [1.54, 1.807) is 17.7 Å². The minimum absolute atomic E-state index is 0.738. The minimum atomic E-state index is 0.738. The number of piperidine rings is 1. The van der Waals surface area contributed by atoms with Gasteiger partial charge < -0.3 is 10.2 Å². The first-order valence-corrected chi connectivity index (χ1v) is 7.46. The summed E-state index contributed by atoms with van der Waals surface area (Å²) in [5, 5.41) is 5.71. The second-order valence-electron chi connectivity index (χ2n) is 5.18. The average molecular weight is 260 g/mol. The fourth-order valence-electron chi connectivity index (χ4n) is 3.24. The van der Waals surface area contributed by atoms with Crippen molar-refractivity contribution in [3.8, 4) is 0 Å². The van der Waals surface area contributed by atoms with E-state index in [0.29, 0.717) is 0 Å². The Labute approximate surface area is 110 Å². The second-order valence-corrected chi connectivity index (χ2v) is 6.09. The van der Waals surface area contributed by atoms with Crippen molar-refractivity contribution in [3.63, 3.8) is 0 Å². The van der Waals surface area contributed by atoms with Gasteiger partial charge in [-0.2, -0.15) is 0 Å². The van der Waals surface area contributed by atoms with Crippen LogP contribution in [0.4, 0.5) is 5.82 Å². The van der Waals surface area contributed by atoms with Crippen LogP contribution < -0.4 is 10.2 Å². The molecule has 0 aliphatic carbocycles. The Hall–Kier alpha value is -1.20. The molecule has 2 aromatic heterocycles. The van der Waals surface area contributed by atoms with Crippen molar-refractivity contribution < 1.29 is 0 Å². The Balaban J connectivity index is 1.68. The van der Waals surface area contributed by atoms with Gasteiger partial charge in [-0.05, 0) is 36.8 Å².